The van der Waals surface area contributed by atoms with E-state index in [-0.39, 0.29) is 5.54 Å². The first-order valence-corrected chi connectivity index (χ1v) is 7.15. The number of nitriles is 1. The average molecular weight is 247 g/mol. The summed E-state index contributed by atoms with van der Waals surface area (Å²) in [6, 6.07) is 7.20. The third-order valence-corrected chi connectivity index (χ3v) is 4.96. The van der Waals surface area contributed by atoms with E-state index in [4.69, 9.17) is 0 Å². The molecular formula is C13H17N3S. The average Bonchev–Trinajstić information content (AvgIpc) is 3.05. The Morgan fingerprint density at radius 1 is 1.59 bits per heavy atom. The predicted octanol–water partition coefficient (Wildman–Crippen LogP) is 1.97. The molecule has 0 amide bonds. The van der Waals surface area contributed by atoms with Gasteiger partial charge in [-0.3, -0.25) is 10.2 Å². The zero-order valence-corrected chi connectivity index (χ0v) is 10.7. The van der Waals surface area contributed by atoms with Crippen molar-refractivity contribution in [2.45, 2.75) is 37.4 Å². The van der Waals surface area contributed by atoms with E-state index in [0.717, 1.165) is 19.5 Å². The van der Waals surface area contributed by atoms with Gasteiger partial charge >= 0.3 is 0 Å². The summed E-state index contributed by atoms with van der Waals surface area (Å²) in [6.45, 7) is 3.08. The molecule has 2 fully saturated rings. The van der Waals surface area contributed by atoms with Crippen LogP contribution in [0.2, 0.25) is 0 Å². The minimum Gasteiger partial charge on any atom is -0.297 e. The van der Waals surface area contributed by atoms with Gasteiger partial charge < -0.3 is 0 Å². The maximum atomic E-state index is 9.56. The molecule has 1 aromatic heterocycles. The molecule has 90 valence electrons. The summed E-state index contributed by atoms with van der Waals surface area (Å²) in [6.07, 6.45) is 3.39. The lowest BCUT2D eigenvalue weighted by Crippen LogP contribution is -2.51. The van der Waals surface area contributed by atoms with E-state index in [9.17, 15) is 5.26 Å². The Morgan fingerprint density at radius 2 is 2.53 bits per heavy atom. The topological polar surface area (TPSA) is 39.1 Å². The van der Waals surface area contributed by atoms with Crippen LogP contribution in [0.15, 0.2) is 17.5 Å². The van der Waals surface area contributed by atoms with Crippen molar-refractivity contribution in [1.29, 1.82) is 5.26 Å². The van der Waals surface area contributed by atoms with E-state index in [1.165, 1.54) is 24.3 Å². The van der Waals surface area contributed by atoms with Gasteiger partial charge in [0.15, 0.2) is 0 Å². The Labute approximate surface area is 106 Å². The third-order valence-electron chi connectivity index (χ3n) is 4.08. The number of nitrogens with zero attached hydrogens (tertiary/aromatic N) is 2. The quantitative estimate of drug-likeness (QED) is 0.887. The second-order valence-corrected chi connectivity index (χ2v) is 5.99. The highest BCUT2D eigenvalue weighted by Gasteiger charge is 2.49. The molecule has 0 aromatic carbocycles. The van der Waals surface area contributed by atoms with Gasteiger partial charge in [-0.25, -0.2) is 0 Å². The highest BCUT2D eigenvalue weighted by atomic mass is 32.1. The van der Waals surface area contributed by atoms with Crippen molar-refractivity contribution in [2.24, 2.45) is 0 Å². The molecule has 1 N–H and O–H groups in total. The zero-order valence-electron chi connectivity index (χ0n) is 9.85. The number of rotatable bonds is 3. The minimum absolute atomic E-state index is 0.305. The molecule has 2 saturated heterocycles. The Bertz CT molecular complexity index is 422. The summed E-state index contributed by atoms with van der Waals surface area (Å²) in [5, 5.41) is 15.2. The Hall–Kier alpha value is -0.890. The molecule has 3 heterocycles. The van der Waals surface area contributed by atoms with E-state index >= 15 is 0 Å². The molecule has 0 radical (unpaired) electrons. The van der Waals surface area contributed by atoms with Crippen LogP contribution in [0.25, 0.3) is 0 Å². The number of fused-ring (bicyclic) bond motifs is 1. The molecule has 0 saturated carbocycles. The second kappa shape index (κ2) is 4.41. The highest BCUT2D eigenvalue weighted by Crippen LogP contribution is 2.35. The molecular weight excluding hydrogens is 230 g/mol. The standard InChI is InChI=1S/C13H17N3S/c14-10-13(15-9-11-3-2-8-17-11)5-7-16-6-1-4-12(13)16/h2-3,8,12,15H,1,4-7,9H2. The lowest BCUT2D eigenvalue weighted by atomic mass is 9.90. The van der Waals surface area contributed by atoms with Crippen molar-refractivity contribution in [3.05, 3.63) is 22.4 Å². The number of hydrogen-bond acceptors (Lipinski definition) is 4. The fraction of sp³-hybridized carbons (Fsp3) is 0.615. The molecule has 2 aliphatic heterocycles. The van der Waals surface area contributed by atoms with Gasteiger partial charge in [-0.05, 0) is 37.3 Å². The molecule has 0 bridgehead atoms. The van der Waals surface area contributed by atoms with E-state index < -0.39 is 0 Å². The SMILES string of the molecule is N#CC1(NCc2cccs2)CCN2CCCC21. The molecule has 2 unspecified atom stereocenters. The normalized spacial score (nSPS) is 32.5. The van der Waals surface area contributed by atoms with Gasteiger partial charge in [0.2, 0.25) is 0 Å². The van der Waals surface area contributed by atoms with Crippen molar-refractivity contribution >= 4 is 11.3 Å². The van der Waals surface area contributed by atoms with Crippen molar-refractivity contribution in [1.82, 2.24) is 10.2 Å². The van der Waals surface area contributed by atoms with E-state index in [2.05, 4.69) is 33.8 Å². The Balaban J connectivity index is 1.72. The Morgan fingerprint density at radius 3 is 3.29 bits per heavy atom. The van der Waals surface area contributed by atoms with Crippen molar-refractivity contribution in [2.75, 3.05) is 13.1 Å². The first-order chi connectivity index (χ1) is 8.34. The van der Waals surface area contributed by atoms with Gasteiger partial charge in [0.1, 0.15) is 5.54 Å². The number of thiophene rings is 1. The van der Waals surface area contributed by atoms with Crippen LogP contribution >= 0.6 is 11.3 Å². The number of nitrogens with one attached hydrogen (secondary N) is 1. The fourth-order valence-electron chi connectivity index (χ4n) is 3.17. The summed E-state index contributed by atoms with van der Waals surface area (Å²) in [5.74, 6) is 0. The van der Waals surface area contributed by atoms with Crippen molar-refractivity contribution < 1.29 is 0 Å². The monoisotopic (exact) mass is 247 g/mol. The van der Waals surface area contributed by atoms with Gasteiger partial charge in [-0.15, -0.1) is 11.3 Å². The van der Waals surface area contributed by atoms with Gasteiger partial charge in [0.05, 0.1) is 6.07 Å². The molecule has 3 rings (SSSR count). The van der Waals surface area contributed by atoms with Gasteiger partial charge in [0.25, 0.3) is 0 Å². The van der Waals surface area contributed by atoms with Gasteiger partial charge in [0, 0.05) is 24.0 Å². The largest absolute Gasteiger partial charge is 0.297 e. The van der Waals surface area contributed by atoms with E-state index in [0.29, 0.717) is 6.04 Å². The van der Waals surface area contributed by atoms with Crippen LogP contribution in [-0.2, 0) is 6.54 Å². The second-order valence-electron chi connectivity index (χ2n) is 4.96. The third kappa shape index (κ3) is 1.89. The van der Waals surface area contributed by atoms with Crippen molar-refractivity contribution in [3.8, 4) is 6.07 Å². The van der Waals surface area contributed by atoms with Crippen LogP contribution in [0.3, 0.4) is 0 Å². The number of hydrogen-bond donors (Lipinski definition) is 1. The smallest absolute Gasteiger partial charge is 0.123 e. The van der Waals surface area contributed by atoms with Crippen LogP contribution in [0.5, 0.6) is 0 Å². The molecule has 2 atom stereocenters. The molecule has 1 aromatic rings. The van der Waals surface area contributed by atoms with E-state index in [1.54, 1.807) is 11.3 Å². The Kier molecular flexibility index (Phi) is 2.91. The van der Waals surface area contributed by atoms with Crippen molar-refractivity contribution in [3.63, 3.8) is 0 Å². The minimum atomic E-state index is -0.305. The first kappa shape index (κ1) is 11.2. The van der Waals surface area contributed by atoms with Crippen LogP contribution in [0.4, 0.5) is 0 Å². The van der Waals surface area contributed by atoms with Crippen LogP contribution in [0.1, 0.15) is 24.1 Å². The summed E-state index contributed by atoms with van der Waals surface area (Å²) in [4.78, 5) is 3.79. The molecule has 4 heteroatoms. The molecule has 0 aliphatic carbocycles. The van der Waals surface area contributed by atoms with E-state index in [1.807, 2.05) is 0 Å². The van der Waals surface area contributed by atoms with Crippen LogP contribution in [0, 0.1) is 11.3 Å². The lowest BCUT2D eigenvalue weighted by molar-refractivity contribution is 0.265. The van der Waals surface area contributed by atoms with Crippen LogP contribution < -0.4 is 5.32 Å². The summed E-state index contributed by atoms with van der Waals surface area (Å²) in [5.41, 5.74) is -0.305. The molecule has 3 nitrogen and oxygen atoms in total. The molecule has 2 aliphatic rings. The maximum Gasteiger partial charge on any atom is 0.123 e. The zero-order chi connectivity index (χ0) is 11.7. The fourth-order valence-corrected chi connectivity index (χ4v) is 3.82. The molecule has 0 spiro atoms. The summed E-state index contributed by atoms with van der Waals surface area (Å²) >= 11 is 1.76. The maximum absolute atomic E-state index is 9.56. The predicted molar refractivity (Wildman–Crippen MR) is 68.7 cm³/mol. The van der Waals surface area contributed by atoms with Crippen LogP contribution in [-0.4, -0.2) is 29.6 Å². The summed E-state index contributed by atoms with van der Waals surface area (Å²) in [7, 11) is 0. The van der Waals surface area contributed by atoms with Gasteiger partial charge in [-0.2, -0.15) is 5.26 Å². The molecule has 17 heavy (non-hydrogen) atoms. The van der Waals surface area contributed by atoms with Gasteiger partial charge in [-0.1, -0.05) is 6.07 Å². The lowest BCUT2D eigenvalue weighted by Gasteiger charge is -2.29. The summed E-state index contributed by atoms with van der Waals surface area (Å²) < 4.78 is 0. The highest BCUT2D eigenvalue weighted by molar-refractivity contribution is 7.09. The first-order valence-electron chi connectivity index (χ1n) is 6.27.